The molecule has 0 saturated carbocycles. The van der Waals surface area contributed by atoms with Gasteiger partial charge in [0.25, 0.3) is 0 Å². The highest BCUT2D eigenvalue weighted by molar-refractivity contribution is 5.65. The minimum atomic E-state index is -0.445. The average molecular weight is 412 g/mol. The molecule has 4 aromatic carbocycles. The Hall–Kier alpha value is -4.32. The van der Waals surface area contributed by atoms with Gasteiger partial charge in [-0.25, -0.2) is 0 Å². The number of para-hydroxylation sites is 1. The highest BCUT2D eigenvalue weighted by Gasteiger charge is 2.16. The standard InChI is InChI=1S/C25H20N2O4/c28-27(29)24-16-13-21(17-25(24)30-18-19-7-3-1-4-8-19)26-20-11-14-23(15-12-20)31-22-9-5-2-6-10-22/h1-17,26H,18H2. The van der Waals surface area contributed by atoms with Crippen LogP contribution in [0.4, 0.5) is 17.1 Å². The minimum Gasteiger partial charge on any atom is -0.482 e. The summed E-state index contributed by atoms with van der Waals surface area (Å²) in [7, 11) is 0. The fourth-order valence-electron chi connectivity index (χ4n) is 2.99. The molecule has 0 spiro atoms. The summed E-state index contributed by atoms with van der Waals surface area (Å²) in [6.45, 7) is 0.247. The van der Waals surface area contributed by atoms with E-state index in [2.05, 4.69) is 5.32 Å². The summed E-state index contributed by atoms with van der Waals surface area (Å²) >= 11 is 0. The number of anilines is 2. The maximum atomic E-state index is 11.4. The Morgan fingerprint density at radius 2 is 1.35 bits per heavy atom. The molecule has 1 N–H and O–H groups in total. The van der Waals surface area contributed by atoms with Crippen LogP contribution in [0.25, 0.3) is 0 Å². The summed E-state index contributed by atoms with van der Waals surface area (Å²) < 4.78 is 11.5. The summed E-state index contributed by atoms with van der Waals surface area (Å²) in [5, 5.41) is 14.6. The third-order valence-electron chi connectivity index (χ3n) is 4.52. The Morgan fingerprint density at radius 3 is 2.03 bits per heavy atom. The van der Waals surface area contributed by atoms with Crippen LogP contribution in [0.15, 0.2) is 103 Å². The zero-order valence-electron chi connectivity index (χ0n) is 16.6. The molecule has 0 bridgehead atoms. The topological polar surface area (TPSA) is 73.6 Å². The molecule has 0 unspecified atom stereocenters. The van der Waals surface area contributed by atoms with Crippen molar-refractivity contribution >= 4 is 17.1 Å². The molecule has 154 valence electrons. The van der Waals surface area contributed by atoms with Crippen LogP contribution in [0, 0.1) is 10.1 Å². The van der Waals surface area contributed by atoms with Crippen LogP contribution in [0.5, 0.6) is 17.2 Å². The zero-order chi connectivity index (χ0) is 21.5. The molecule has 0 aromatic heterocycles. The first kappa shape index (κ1) is 20.0. The van der Waals surface area contributed by atoms with E-state index in [1.807, 2.05) is 84.9 Å². The molecule has 0 saturated heterocycles. The van der Waals surface area contributed by atoms with Gasteiger partial charge in [-0.3, -0.25) is 10.1 Å². The molecule has 0 fully saturated rings. The number of ether oxygens (including phenoxy) is 2. The SMILES string of the molecule is O=[N+]([O-])c1ccc(Nc2ccc(Oc3ccccc3)cc2)cc1OCc1ccccc1. The number of hydrogen-bond donors (Lipinski definition) is 1. The Kier molecular flexibility index (Phi) is 6.09. The van der Waals surface area contributed by atoms with E-state index in [1.54, 1.807) is 12.1 Å². The van der Waals surface area contributed by atoms with Gasteiger partial charge in [-0.05, 0) is 48.0 Å². The number of rotatable bonds is 8. The largest absolute Gasteiger partial charge is 0.482 e. The van der Waals surface area contributed by atoms with Gasteiger partial charge in [-0.15, -0.1) is 0 Å². The van der Waals surface area contributed by atoms with Crippen molar-refractivity contribution < 1.29 is 14.4 Å². The number of benzene rings is 4. The van der Waals surface area contributed by atoms with Crippen molar-refractivity contribution in [3.05, 3.63) is 119 Å². The smallest absolute Gasteiger partial charge is 0.311 e. The lowest BCUT2D eigenvalue weighted by Gasteiger charge is -2.11. The number of nitrogens with zero attached hydrogens (tertiary/aromatic N) is 1. The first-order valence-corrected chi connectivity index (χ1v) is 9.72. The average Bonchev–Trinajstić information content (AvgIpc) is 2.80. The van der Waals surface area contributed by atoms with E-state index in [1.165, 1.54) is 6.07 Å². The van der Waals surface area contributed by atoms with Gasteiger partial charge in [-0.2, -0.15) is 0 Å². The normalized spacial score (nSPS) is 10.3. The van der Waals surface area contributed by atoms with Gasteiger partial charge in [0.15, 0.2) is 5.75 Å². The Morgan fingerprint density at radius 1 is 0.742 bits per heavy atom. The molecule has 6 heteroatoms. The van der Waals surface area contributed by atoms with Crippen LogP contribution >= 0.6 is 0 Å². The van der Waals surface area contributed by atoms with E-state index in [0.29, 0.717) is 11.4 Å². The van der Waals surface area contributed by atoms with Crippen molar-refractivity contribution in [1.29, 1.82) is 0 Å². The molecule has 31 heavy (non-hydrogen) atoms. The van der Waals surface area contributed by atoms with Crippen LogP contribution in [0.3, 0.4) is 0 Å². The first-order valence-electron chi connectivity index (χ1n) is 9.72. The van der Waals surface area contributed by atoms with Gasteiger partial charge < -0.3 is 14.8 Å². The van der Waals surface area contributed by atoms with Gasteiger partial charge in [0.1, 0.15) is 18.1 Å². The lowest BCUT2D eigenvalue weighted by atomic mass is 10.2. The van der Waals surface area contributed by atoms with Crippen LogP contribution in [0.1, 0.15) is 5.56 Å². The molecular weight excluding hydrogens is 392 g/mol. The van der Waals surface area contributed by atoms with E-state index >= 15 is 0 Å². The fraction of sp³-hybridized carbons (Fsp3) is 0.0400. The third-order valence-corrected chi connectivity index (χ3v) is 4.52. The monoisotopic (exact) mass is 412 g/mol. The van der Waals surface area contributed by atoms with Crippen LogP contribution < -0.4 is 14.8 Å². The molecule has 0 atom stereocenters. The molecular formula is C25H20N2O4. The van der Waals surface area contributed by atoms with Crippen molar-refractivity contribution in [2.75, 3.05) is 5.32 Å². The summed E-state index contributed by atoms with van der Waals surface area (Å²) in [5.41, 5.74) is 2.37. The molecule has 6 nitrogen and oxygen atoms in total. The second-order valence-electron chi connectivity index (χ2n) is 6.78. The second kappa shape index (κ2) is 9.45. The predicted octanol–water partition coefficient (Wildman–Crippen LogP) is 6.71. The molecule has 4 aromatic rings. The summed E-state index contributed by atoms with van der Waals surface area (Å²) in [5.74, 6) is 1.69. The predicted molar refractivity (Wildman–Crippen MR) is 120 cm³/mol. The first-order chi connectivity index (χ1) is 15.2. The summed E-state index contributed by atoms with van der Waals surface area (Å²) in [4.78, 5) is 10.9. The van der Waals surface area contributed by atoms with Gasteiger partial charge in [0, 0.05) is 23.5 Å². The summed E-state index contributed by atoms with van der Waals surface area (Å²) in [6, 6.07) is 31.3. The molecule has 4 rings (SSSR count). The summed E-state index contributed by atoms with van der Waals surface area (Å²) in [6.07, 6.45) is 0. The van der Waals surface area contributed by atoms with E-state index in [4.69, 9.17) is 9.47 Å². The third kappa shape index (κ3) is 5.39. The van der Waals surface area contributed by atoms with E-state index < -0.39 is 4.92 Å². The van der Waals surface area contributed by atoms with Gasteiger partial charge in [0.2, 0.25) is 0 Å². The van der Waals surface area contributed by atoms with E-state index in [0.717, 1.165) is 17.0 Å². The molecule has 0 aliphatic carbocycles. The van der Waals surface area contributed by atoms with Crippen molar-refractivity contribution in [1.82, 2.24) is 0 Å². The van der Waals surface area contributed by atoms with Gasteiger partial charge in [0.05, 0.1) is 4.92 Å². The van der Waals surface area contributed by atoms with Crippen LogP contribution in [0.2, 0.25) is 0 Å². The van der Waals surface area contributed by atoms with Crippen molar-refractivity contribution in [2.45, 2.75) is 6.61 Å². The fourth-order valence-corrected chi connectivity index (χ4v) is 2.99. The molecule has 0 heterocycles. The highest BCUT2D eigenvalue weighted by Crippen LogP contribution is 2.32. The van der Waals surface area contributed by atoms with Crippen molar-refractivity contribution in [3.8, 4) is 17.2 Å². The molecule has 0 aliphatic rings. The maximum Gasteiger partial charge on any atom is 0.311 e. The minimum absolute atomic E-state index is 0.0758. The molecule has 0 radical (unpaired) electrons. The van der Waals surface area contributed by atoms with Crippen LogP contribution in [-0.4, -0.2) is 4.92 Å². The quantitative estimate of drug-likeness (QED) is 0.257. The van der Waals surface area contributed by atoms with Crippen molar-refractivity contribution in [3.63, 3.8) is 0 Å². The second-order valence-corrected chi connectivity index (χ2v) is 6.78. The number of nitrogens with one attached hydrogen (secondary N) is 1. The Balaban J connectivity index is 1.47. The number of nitro groups is 1. The zero-order valence-corrected chi connectivity index (χ0v) is 16.6. The van der Waals surface area contributed by atoms with Crippen molar-refractivity contribution in [2.24, 2.45) is 0 Å². The lowest BCUT2D eigenvalue weighted by Crippen LogP contribution is -2.00. The lowest BCUT2D eigenvalue weighted by molar-refractivity contribution is -0.385. The number of hydrogen-bond acceptors (Lipinski definition) is 5. The Labute approximate surface area is 179 Å². The highest BCUT2D eigenvalue weighted by atomic mass is 16.6. The van der Waals surface area contributed by atoms with E-state index in [9.17, 15) is 10.1 Å². The molecule has 0 amide bonds. The molecule has 0 aliphatic heterocycles. The number of nitro benzene ring substituents is 1. The van der Waals surface area contributed by atoms with Gasteiger partial charge in [-0.1, -0.05) is 48.5 Å². The van der Waals surface area contributed by atoms with E-state index in [-0.39, 0.29) is 18.0 Å². The van der Waals surface area contributed by atoms with Gasteiger partial charge >= 0.3 is 5.69 Å². The van der Waals surface area contributed by atoms with Crippen LogP contribution in [-0.2, 0) is 6.61 Å². The Bertz CT molecular complexity index is 1150. The maximum absolute atomic E-state index is 11.4.